The molecule has 3 rings (SSSR count). The number of benzene rings is 3. The number of rotatable bonds is 13. The van der Waals surface area contributed by atoms with Crippen LogP contribution in [0.4, 0.5) is 4.39 Å². The maximum absolute atomic E-state index is 13.4. The summed E-state index contributed by atoms with van der Waals surface area (Å²) >= 11 is 0. The van der Waals surface area contributed by atoms with E-state index in [9.17, 15) is 4.39 Å². The molecule has 3 aromatic carbocycles. The van der Waals surface area contributed by atoms with Crippen molar-refractivity contribution in [1.82, 2.24) is 0 Å². The molecule has 0 spiro atoms. The highest BCUT2D eigenvalue weighted by Crippen LogP contribution is 2.23. The van der Waals surface area contributed by atoms with Crippen LogP contribution in [0.1, 0.15) is 79.7 Å². The lowest BCUT2D eigenvalue weighted by Gasteiger charge is -2.13. The normalized spacial score (nSPS) is 13.6. The fourth-order valence-electron chi connectivity index (χ4n) is 4.19. The zero-order chi connectivity index (χ0) is 24.9. The van der Waals surface area contributed by atoms with Crippen LogP contribution in [0.2, 0.25) is 0 Å². The first-order valence-corrected chi connectivity index (χ1v) is 12.7. The summed E-state index contributed by atoms with van der Waals surface area (Å²) in [6.07, 6.45) is 9.37. The molecule has 3 heteroatoms. The van der Waals surface area contributed by atoms with E-state index in [4.69, 9.17) is 0 Å². The molecule has 2 nitrogen and oxygen atoms in total. The van der Waals surface area contributed by atoms with Gasteiger partial charge in [0.15, 0.2) is 0 Å². The highest BCUT2D eigenvalue weighted by atomic mass is 19.1. The fourth-order valence-corrected chi connectivity index (χ4v) is 4.19. The third kappa shape index (κ3) is 8.75. The Morgan fingerprint density at radius 1 is 0.857 bits per heavy atom. The predicted octanol–water partition coefficient (Wildman–Crippen LogP) is 8.70. The Bertz CT molecular complexity index is 1080. The van der Waals surface area contributed by atoms with Gasteiger partial charge in [-0.1, -0.05) is 98.3 Å². The minimum absolute atomic E-state index is 0.175. The second kappa shape index (κ2) is 14.2. The van der Waals surface area contributed by atoms with Crippen molar-refractivity contribution in [2.24, 2.45) is 10.2 Å². The molecular weight excluding hydrogens is 431 g/mol. The zero-order valence-corrected chi connectivity index (χ0v) is 21.0. The second-order valence-electron chi connectivity index (χ2n) is 9.23. The quantitative estimate of drug-likeness (QED) is 0.104. The monoisotopic (exact) mass is 468 g/mol. The lowest BCUT2D eigenvalue weighted by Crippen LogP contribution is -2.05. The van der Waals surface area contributed by atoms with Crippen molar-refractivity contribution in [2.45, 2.75) is 64.5 Å². The van der Waals surface area contributed by atoms with Gasteiger partial charge in [0.2, 0.25) is 0 Å². The van der Waals surface area contributed by atoms with Crippen LogP contribution >= 0.6 is 0 Å². The minimum Gasteiger partial charge on any atom is -0.248 e. The topological polar surface area (TPSA) is 24.7 Å². The van der Waals surface area contributed by atoms with Crippen LogP contribution in [0.15, 0.2) is 102 Å². The van der Waals surface area contributed by atoms with Gasteiger partial charge >= 0.3 is 0 Å². The van der Waals surface area contributed by atoms with E-state index in [1.807, 2.05) is 36.4 Å². The highest BCUT2D eigenvalue weighted by Gasteiger charge is 2.12. The average Bonchev–Trinajstić information content (AvgIpc) is 2.87. The molecule has 0 aliphatic rings. The molecule has 0 bridgehead atoms. The van der Waals surface area contributed by atoms with Gasteiger partial charge in [0.1, 0.15) is 5.71 Å². The SMILES string of the molecule is C=CCCCCCc1ccc(C=NN=C(c2ccccc2)c2ccc(C(C)CC(C)F)cc2)cc1. The van der Waals surface area contributed by atoms with E-state index >= 15 is 0 Å². The molecule has 2 unspecified atom stereocenters. The first kappa shape index (κ1) is 26.3. The van der Waals surface area contributed by atoms with Crippen LogP contribution in [0, 0.1) is 0 Å². The van der Waals surface area contributed by atoms with E-state index in [2.05, 4.69) is 72.2 Å². The van der Waals surface area contributed by atoms with Gasteiger partial charge in [-0.25, -0.2) is 4.39 Å². The first-order valence-electron chi connectivity index (χ1n) is 12.7. The summed E-state index contributed by atoms with van der Waals surface area (Å²) in [6, 6.07) is 26.9. The van der Waals surface area contributed by atoms with E-state index in [-0.39, 0.29) is 5.92 Å². The Labute approximate surface area is 210 Å². The second-order valence-corrected chi connectivity index (χ2v) is 9.23. The lowest BCUT2D eigenvalue weighted by atomic mass is 9.93. The van der Waals surface area contributed by atoms with Crippen LogP contribution < -0.4 is 0 Å². The van der Waals surface area contributed by atoms with Gasteiger partial charge in [0.25, 0.3) is 0 Å². The summed E-state index contributed by atoms with van der Waals surface area (Å²) in [5.41, 5.74) is 6.33. The van der Waals surface area contributed by atoms with Crippen LogP contribution in [0.5, 0.6) is 0 Å². The molecule has 0 saturated carbocycles. The van der Waals surface area contributed by atoms with E-state index in [1.165, 1.54) is 24.8 Å². The van der Waals surface area contributed by atoms with E-state index in [0.29, 0.717) is 6.42 Å². The lowest BCUT2D eigenvalue weighted by molar-refractivity contribution is 0.324. The molecule has 0 saturated heterocycles. The van der Waals surface area contributed by atoms with Gasteiger partial charge < -0.3 is 0 Å². The number of unbranched alkanes of at least 4 members (excludes halogenated alkanes) is 3. The number of hydrogen-bond acceptors (Lipinski definition) is 2. The Balaban J connectivity index is 1.72. The van der Waals surface area contributed by atoms with Crippen molar-refractivity contribution in [3.63, 3.8) is 0 Å². The standard InChI is InChI=1S/C32H37FN2/c1-4-5-6-7-9-12-27-15-17-28(18-16-27)24-34-35-32(30-13-10-8-11-14-30)31-21-19-29(20-22-31)25(2)23-26(3)33/h4,8,10-11,13-22,24-26H,1,5-7,9,12,23H2,2-3H3. The molecule has 0 aromatic heterocycles. The summed E-state index contributed by atoms with van der Waals surface area (Å²) in [5, 5.41) is 9.02. The largest absolute Gasteiger partial charge is 0.248 e. The molecule has 0 N–H and O–H groups in total. The first-order chi connectivity index (χ1) is 17.1. The molecule has 0 radical (unpaired) electrons. The fraction of sp³-hybridized carbons (Fsp3) is 0.312. The van der Waals surface area contributed by atoms with Crippen molar-refractivity contribution in [2.75, 3.05) is 0 Å². The maximum atomic E-state index is 13.4. The van der Waals surface area contributed by atoms with E-state index < -0.39 is 6.17 Å². The van der Waals surface area contributed by atoms with Gasteiger partial charge in [0.05, 0.1) is 12.4 Å². The molecule has 35 heavy (non-hydrogen) atoms. The highest BCUT2D eigenvalue weighted by molar-refractivity contribution is 6.13. The molecule has 0 amide bonds. The Morgan fingerprint density at radius 2 is 1.54 bits per heavy atom. The Hall–Kier alpha value is -3.33. The van der Waals surface area contributed by atoms with Gasteiger partial charge in [-0.3, -0.25) is 0 Å². The molecule has 0 aliphatic heterocycles. The van der Waals surface area contributed by atoms with Crippen molar-refractivity contribution >= 4 is 11.9 Å². The van der Waals surface area contributed by atoms with Crippen molar-refractivity contribution in [3.8, 4) is 0 Å². The molecule has 0 fully saturated rings. The zero-order valence-electron chi connectivity index (χ0n) is 21.0. The molecule has 0 heterocycles. The number of hydrogen-bond donors (Lipinski definition) is 0. The number of nitrogens with zero attached hydrogens (tertiary/aromatic N) is 2. The third-order valence-corrected chi connectivity index (χ3v) is 6.20. The Kier molecular flexibility index (Phi) is 10.6. The molecule has 0 aliphatic carbocycles. The van der Waals surface area contributed by atoms with Crippen molar-refractivity contribution in [3.05, 3.63) is 119 Å². The maximum Gasteiger partial charge on any atom is 0.100 e. The van der Waals surface area contributed by atoms with Crippen LogP contribution in [-0.2, 0) is 6.42 Å². The summed E-state index contributed by atoms with van der Waals surface area (Å²) in [4.78, 5) is 0. The van der Waals surface area contributed by atoms with Gasteiger partial charge in [-0.2, -0.15) is 5.10 Å². The van der Waals surface area contributed by atoms with Crippen LogP contribution in [-0.4, -0.2) is 18.1 Å². The van der Waals surface area contributed by atoms with Crippen LogP contribution in [0.25, 0.3) is 0 Å². The smallest absolute Gasteiger partial charge is 0.100 e. The number of alkyl halides is 1. The van der Waals surface area contributed by atoms with Crippen LogP contribution in [0.3, 0.4) is 0 Å². The molecule has 2 atom stereocenters. The molecular formula is C32H37FN2. The molecule has 3 aromatic rings. The summed E-state index contributed by atoms with van der Waals surface area (Å²) in [5.74, 6) is 0.175. The average molecular weight is 469 g/mol. The predicted molar refractivity (Wildman–Crippen MR) is 149 cm³/mol. The minimum atomic E-state index is -0.808. The van der Waals surface area contributed by atoms with E-state index in [0.717, 1.165) is 40.8 Å². The molecule has 182 valence electrons. The summed E-state index contributed by atoms with van der Waals surface area (Å²) in [6.45, 7) is 7.46. The van der Waals surface area contributed by atoms with Crippen molar-refractivity contribution in [1.29, 1.82) is 0 Å². The van der Waals surface area contributed by atoms with E-state index in [1.54, 1.807) is 13.1 Å². The van der Waals surface area contributed by atoms with Crippen molar-refractivity contribution < 1.29 is 4.39 Å². The van der Waals surface area contributed by atoms with Gasteiger partial charge in [0, 0.05) is 11.1 Å². The van der Waals surface area contributed by atoms with Gasteiger partial charge in [-0.05, 0) is 61.6 Å². The summed E-state index contributed by atoms with van der Waals surface area (Å²) in [7, 11) is 0. The number of halogens is 1. The third-order valence-electron chi connectivity index (χ3n) is 6.20. The summed E-state index contributed by atoms with van der Waals surface area (Å²) < 4.78 is 13.4. The number of aryl methyl sites for hydroxylation is 1. The number of allylic oxidation sites excluding steroid dienone is 1. The van der Waals surface area contributed by atoms with Gasteiger partial charge in [-0.15, -0.1) is 11.7 Å². The Morgan fingerprint density at radius 3 is 2.20 bits per heavy atom.